The SMILES string of the molecule is COc1ccc(-c2ccc3c(c2)ncn3C)cc1OC. The zero-order valence-corrected chi connectivity index (χ0v) is 11.8. The summed E-state index contributed by atoms with van der Waals surface area (Å²) in [6, 6.07) is 12.2. The minimum absolute atomic E-state index is 0.728. The van der Waals surface area contributed by atoms with Gasteiger partial charge in [0.2, 0.25) is 0 Å². The molecule has 0 unspecified atom stereocenters. The summed E-state index contributed by atoms with van der Waals surface area (Å²) in [6.45, 7) is 0. The first kappa shape index (κ1) is 12.5. The second kappa shape index (κ2) is 4.89. The third kappa shape index (κ3) is 1.99. The molecule has 0 aliphatic heterocycles. The molecule has 102 valence electrons. The van der Waals surface area contributed by atoms with Crippen LogP contribution in [0, 0.1) is 0 Å². The largest absolute Gasteiger partial charge is 0.493 e. The lowest BCUT2D eigenvalue weighted by Crippen LogP contribution is -1.91. The Bertz CT molecular complexity index is 762. The molecule has 0 fully saturated rings. The minimum Gasteiger partial charge on any atom is -0.493 e. The molecule has 0 aliphatic rings. The van der Waals surface area contributed by atoms with Gasteiger partial charge < -0.3 is 14.0 Å². The Labute approximate surface area is 117 Å². The summed E-state index contributed by atoms with van der Waals surface area (Å²) >= 11 is 0. The van der Waals surface area contributed by atoms with Crippen molar-refractivity contribution in [3.05, 3.63) is 42.7 Å². The Morgan fingerprint density at radius 3 is 2.35 bits per heavy atom. The molecule has 0 N–H and O–H groups in total. The fourth-order valence-corrected chi connectivity index (χ4v) is 2.33. The maximum absolute atomic E-state index is 5.35. The van der Waals surface area contributed by atoms with E-state index >= 15 is 0 Å². The number of methoxy groups -OCH3 is 2. The molecule has 1 heterocycles. The molecule has 2 aromatic carbocycles. The highest BCUT2D eigenvalue weighted by atomic mass is 16.5. The van der Waals surface area contributed by atoms with E-state index in [9.17, 15) is 0 Å². The minimum atomic E-state index is 0.728. The summed E-state index contributed by atoms with van der Waals surface area (Å²) in [6.07, 6.45) is 1.82. The Balaban J connectivity index is 2.10. The monoisotopic (exact) mass is 268 g/mol. The number of hydrogen-bond donors (Lipinski definition) is 0. The highest BCUT2D eigenvalue weighted by molar-refractivity contribution is 5.82. The van der Waals surface area contributed by atoms with E-state index < -0.39 is 0 Å². The average Bonchev–Trinajstić information content (AvgIpc) is 2.87. The van der Waals surface area contributed by atoms with Crippen LogP contribution in [-0.2, 0) is 7.05 Å². The summed E-state index contributed by atoms with van der Waals surface area (Å²) in [5, 5.41) is 0. The number of imidazole rings is 1. The summed E-state index contributed by atoms with van der Waals surface area (Å²) in [5.74, 6) is 1.46. The predicted octanol–water partition coefficient (Wildman–Crippen LogP) is 3.26. The van der Waals surface area contributed by atoms with Gasteiger partial charge in [-0.25, -0.2) is 4.98 Å². The molecule has 0 saturated carbocycles. The standard InChI is InChI=1S/C16H16N2O2/c1-18-10-17-13-8-11(4-6-14(13)18)12-5-7-15(19-2)16(9-12)20-3/h4-10H,1-3H3. The number of nitrogens with zero attached hydrogens (tertiary/aromatic N) is 2. The predicted molar refractivity (Wildman–Crippen MR) is 79.3 cm³/mol. The Morgan fingerprint density at radius 2 is 1.60 bits per heavy atom. The van der Waals surface area contributed by atoms with Gasteiger partial charge in [0.25, 0.3) is 0 Å². The van der Waals surface area contributed by atoms with E-state index in [0.29, 0.717) is 0 Å². The zero-order chi connectivity index (χ0) is 14.1. The number of fused-ring (bicyclic) bond motifs is 1. The fraction of sp³-hybridized carbons (Fsp3) is 0.188. The lowest BCUT2D eigenvalue weighted by Gasteiger charge is -2.09. The lowest BCUT2D eigenvalue weighted by atomic mass is 10.0. The van der Waals surface area contributed by atoms with Crippen molar-refractivity contribution in [2.24, 2.45) is 7.05 Å². The summed E-state index contributed by atoms with van der Waals surface area (Å²) in [4.78, 5) is 4.39. The van der Waals surface area contributed by atoms with Crippen LogP contribution in [0.4, 0.5) is 0 Å². The smallest absolute Gasteiger partial charge is 0.161 e. The van der Waals surface area contributed by atoms with Gasteiger partial charge in [0, 0.05) is 7.05 Å². The van der Waals surface area contributed by atoms with Gasteiger partial charge >= 0.3 is 0 Å². The first-order valence-electron chi connectivity index (χ1n) is 6.36. The number of benzene rings is 2. The molecule has 4 nitrogen and oxygen atoms in total. The zero-order valence-electron chi connectivity index (χ0n) is 11.8. The molecule has 0 amide bonds. The van der Waals surface area contributed by atoms with Crippen molar-refractivity contribution < 1.29 is 9.47 Å². The van der Waals surface area contributed by atoms with Gasteiger partial charge in [-0.15, -0.1) is 0 Å². The van der Waals surface area contributed by atoms with Crippen molar-refractivity contribution in [3.8, 4) is 22.6 Å². The molecular formula is C16H16N2O2. The number of ether oxygens (including phenoxy) is 2. The third-order valence-corrected chi connectivity index (χ3v) is 3.44. The van der Waals surface area contributed by atoms with Crippen LogP contribution in [-0.4, -0.2) is 23.8 Å². The highest BCUT2D eigenvalue weighted by Crippen LogP contribution is 2.33. The molecule has 1 aromatic heterocycles. The highest BCUT2D eigenvalue weighted by Gasteiger charge is 2.07. The summed E-state index contributed by atoms with van der Waals surface area (Å²) < 4.78 is 12.6. The van der Waals surface area contributed by atoms with Crippen LogP contribution in [0.25, 0.3) is 22.2 Å². The molecule has 4 heteroatoms. The van der Waals surface area contributed by atoms with Gasteiger partial charge in [-0.3, -0.25) is 0 Å². The van der Waals surface area contributed by atoms with Crippen molar-refractivity contribution in [1.82, 2.24) is 9.55 Å². The molecule has 20 heavy (non-hydrogen) atoms. The number of rotatable bonds is 3. The van der Waals surface area contributed by atoms with Crippen molar-refractivity contribution >= 4 is 11.0 Å². The molecule has 0 saturated heterocycles. The Kier molecular flexibility index (Phi) is 3.06. The van der Waals surface area contributed by atoms with Crippen LogP contribution >= 0.6 is 0 Å². The first-order chi connectivity index (χ1) is 9.72. The van der Waals surface area contributed by atoms with E-state index in [1.165, 1.54) is 0 Å². The van der Waals surface area contributed by atoms with Gasteiger partial charge in [-0.1, -0.05) is 12.1 Å². The average molecular weight is 268 g/mol. The number of hydrogen-bond acceptors (Lipinski definition) is 3. The van der Waals surface area contributed by atoms with E-state index in [-0.39, 0.29) is 0 Å². The van der Waals surface area contributed by atoms with Crippen molar-refractivity contribution in [3.63, 3.8) is 0 Å². The number of aromatic nitrogens is 2. The maximum Gasteiger partial charge on any atom is 0.161 e. The third-order valence-electron chi connectivity index (χ3n) is 3.44. The molecule has 0 spiro atoms. The van der Waals surface area contributed by atoms with Crippen LogP contribution in [0.1, 0.15) is 0 Å². The van der Waals surface area contributed by atoms with Gasteiger partial charge in [0.05, 0.1) is 31.6 Å². The second-order valence-corrected chi connectivity index (χ2v) is 4.63. The van der Waals surface area contributed by atoms with Gasteiger partial charge in [0.15, 0.2) is 11.5 Å². The van der Waals surface area contributed by atoms with Crippen molar-refractivity contribution in [2.45, 2.75) is 0 Å². The van der Waals surface area contributed by atoms with E-state index in [0.717, 1.165) is 33.7 Å². The van der Waals surface area contributed by atoms with Gasteiger partial charge in [0.1, 0.15) is 0 Å². The number of aryl methyl sites for hydroxylation is 1. The summed E-state index contributed by atoms with van der Waals surface area (Å²) in [5.41, 5.74) is 4.29. The first-order valence-corrected chi connectivity index (χ1v) is 6.36. The van der Waals surface area contributed by atoms with Crippen molar-refractivity contribution in [1.29, 1.82) is 0 Å². The fourth-order valence-electron chi connectivity index (χ4n) is 2.33. The van der Waals surface area contributed by atoms with Gasteiger partial charge in [-0.05, 0) is 35.4 Å². The second-order valence-electron chi connectivity index (χ2n) is 4.63. The van der Waals surface area contributed by atoms with Crippen LogP contribution in [0.3, 0.4) is 0 Å². The molecule has 0 aliphatic carbocycles. The Hall–Kier alpha value is -2.49. The molecule has 3 aromatic rings. The quantitative estimate of drug-likeness (QED) is 0.731. The maximum atomic E-state index is 5.35. The van der Waals surface area contributed by atoms with E-state index in [2.05, 4.69) is 23.2 Å². The van der Waals surface area contributed by atoms with Crippen LogP contribution in [0.5, 0.6) is 11.5 Å². The lowest BCUT2D eigenvalue weighted by molar-refractivity contribution is 0.355. The van der Waals surface area contributed by atoms with E-state index in [4.69, 9.17) is 9.47 Å². The van der Waals surface area contributed by atoms with Gasteiger partial charge in [-0.2, -0.15) is 0 Å². The Morgan fingerprint density at radius 1 is 0.900 bits per heavy atom. The molecule has 0 radical (unpaired) electrons. The van der Waals surface area contributed by atoms with Crippen LogP contribution in [0.15, 0.2) is 42.7 Å². The van der Waals surface area contributed by atoms with E-state index in [1.807, 2.05) is 36.1 Å². The van der Waals surface area contributed by atoms with Crippen molar-refractivity contribution in [2.75, 3.05) is 14.2 Å². The van der Waals surface area contributed by atoms with Crippen LogP contribution in [0.2, 0.25) is 0 Å². The molecular weight excluding hydrogens is 252 g/mol. The molecule has 3 rings (SSSR count). The van der Waals surface area contributed by atoms with E-state index in [1.54, 1.807) is 14.2 Å². The summed E-state index contributed by atoms with van der Waals surface area (Å²) in [7, 11) is 5.27. The topological polar surface area (TPSA) is 36.3 Å². The van der Waals surface area contributed by atoms with Crippen LogP contribution < -0.4 is 9.47 Å². The molecule has 0 atom stereocenters. The normalized spacial score (nSPS) is 10.8. The molecule has 0 bridgehead atoms.